The van der Waals surface area contributed by atoms with Gasteiger partial charge in [0.15, 0.2) is 9.74 Å². The van der Waals surface area contributed by atoms with Gasteiger partial charge < -0.3 is 4.74 Å². The number of ether oxygens (including phenoxy) is 1. The lowest BCUT2D eigenvalue weighted by Crippen LogP contribution is -2.27. The van der Waals surface area contributed by atoms with E-state index >= 15 is 0 Å². The van der Waals surface area contributed by atoms with E-state index in [9.17, 15) is 0 Å². The first-order valence-electron chi connectivity index (χ1n) is 4.90. The molecule has 0 spiro atoms. The van der Waals surface area contributed by atoms with Crippen LogP contribution in [0.25, 0.3) is 0 Å². The fourth-order valence-electron chi connectivity index (χ4n) is 2.04. The molecule has 0 bridgehead atoms. The summed E-state index contributed by atoms with van der Waals surface area (Å²) in [5, 5.41) is 0. The number of hydrogen-bond donors (Lipinski definition) is 0. The zero-order valence-electron chi connectivity index (χ0n) is 8.12. The van der Waals surface area contributed by atoms with Crippen LogP contribution in [0.15, 0.2) is 3.92 Å². The molecule has 1 aromatic heterocycles. The molecule has 1 aromatic rings. The van der Waals surface area contributed by atoms with Crippen LogP contribution in [-0.2, 0) is 10.3 Å². The number of hydrogen-bond acceptors (Lipinski definition) is 4. The molecule has 0 saturated heterocycles. The summed E-state index contributed by atoms with van der Waals surface area (Å²) in [5.41, 5.74) is -0.183. The van der Waals surface area contributed by atoms with Crippen LogP contribution >= 0.6 is 27.5 Å². The fraction of sp³-hybridized carbons (Fsp3) is 0.778. The Bertz CT molecular complexity index is 310. The highest BCUT2D eigenvalue weighted by molar-refractivity contribution is 9.11. The summed E-state index contributed by atoms with van der Waals surface area (Å²) in [7, 11) is 0. The van der Waals surface area contributed by atoms with E-state index in [1.54, 1.807) is 0 Å². The van der Waals surface area contributed by atoms with E-state index in [-0.39, 0.29) is 5.60 Å². The van der Waals surface area contributed by atoms with Crippen LogP contribution in [0.2, 0.25) is 0 Å². The van der Waals surface area contributed by atoms with E-state index in [2.05, 4.69) is 25.3 Å². The average Bonchev–Trinajstić information content (AvgIpc) is 2.75. The second-order valence-electron chi connectivity index (χ2n) is 3.51. The van der Waals surface area contributed by atoms with Crippen LogP contribution in [0, 0.1) is 0 Å². The number of aromatic nitrogens is 2. The second-order valence-corrected chi connectivity index (χ2v) is 5.53. The third-order valence-electron chi connectivity index (χ3n) is 2.64. The highest BCUT2D eigenvalue weighted by atomic mass is 79.9. The lowest BCUT2D eigenvalue weighted by molar-refractivity contribution is -0.0449. The highest BCUT2D eigenvalue weighted by Gasteiger charge is 2.39. The van der Waals surface area contributed by atoms with Crippen molar-refractivity contribution in [3.8, 4) is 0 Å². The third kappa shape index (κ3) is 1.85. The number of nitrogens with zero attached hydrogens (tertiary/aromatic N) is 2. The van der Waals surface area contributed by atoms with Crippen molar-refractivity contribution in [2.24, 2.45) is 0 Å². The summed E-state index contributed by atoms with van der Waals surface area (Å²) in [6, 6.07) is 0. The third-order valence-corrected chi connectivity index (χ3v) is 3.76. The van der Waals surface area contributed by atoms with E-state index < -0.39 is 0 Å². The van der Waals surface area contributed by atoms with E-state index in [1.807, 2.05) is 6.92 Å². The van der Waals surface area contributed by atoms with Crippen LogP contribution in [0.1, 0.15) is 38.4 Å². The van der Waals surface area contributed by atoms with Gasteiger partial charge in [-0.3, -0.25) is 0 Å². The van der Waals surface area contributed by atoms with Gasteiger partial charge in [0.2, 0.25) is 0 Å². The maximum atomic E-state index is 5.85. The van der Waals surface area contributed by atoms with Crippen molar-refractivity contribution in [2.75, 3.05) is 6.61 Å². The summed E-state index contributed by atoms with van der Waals surface area (Å²) < 4.78 is 11.0. The zero-order valence-corrected chi connectivity index (χ0v) is 10.5. The smallest absolute Gasteiger partial charge is 0.179 e. The normalized spacial score (nSPS) is 20.1. The molecular weight excluding hydrogens is 264 g/mol. The molecule has 1 saturated carbocycles. The molecule has 1 fully saturated rings. The summed E-state index contributed by atoms with van der Waals surface area (Å²) in [4.78, 5) is 4.38. The van der Waals surface area contributed by atoms with E-state index in [4.69, 9.17) is 4.74 Å². The minimum absolute atomic E-state index is 0.183. The fourth-order valence-corrected chi connectivity index (χ4v) is 2.93. The molecule has 0 aliphatic heterocycles. The van der Waals surface area contributed by atoms with Crippen LogP contribution in [0.5, 0.6) is 0 Å². The van der Waals surface area contributed by atoms with Gasteiger partial charge in [0.1, 0.15) is 5.60 Å². The SMILES string of the molecule is CCOC1(c2nsc(Br)n2)CCCC1. The Hall–Kier alpha value is -0.0000000000000000555. The molecule has 78 valence electrons. The van der Waals surface area contributed by atoms with Crippen LogP contribution in [0.3, 0.4) is 0 Å². The largest absolute Gasteiger partial charge is 0.367 e. The summed E-state index contributed by atoms with van der Waals surface area (Å²) in [5.74, 6) is 0.869. The minimum atomic E-state index is -0.183. The van der Waals surface area contributed by atoms with Gasteiger partial charge in [-0.1, -0.05) is 0 Å². The monoisotopic (exact) mass is 276 g/mol. The quantitative estimate of drug-likeness (QED) is 0.851. The number of rotatable bonds is 3. The van der Waals surface area contributed by atoms with Crippen molar-refractivity contribution in [3.05, 3.63) is 9.74 Å². The van der Waals surface area contributed by atoms with E-state index in [0.29, 0.717) is 0 Å². The van der Waals surface area contributed by atoms with Crippen molar-refractivity contribution in [3.63, 3.8) is 0 Å². The van der Waals surface area contributed by atoms with Crippen molar-refractivity contribution in [1.29, 1.82) is 0 Å². The molecular formula is C9H13BrN2OS. The molecule has 2 rings (SSSR count). The standard InChI is InChI=1S/C9H13BrN2OS/c1-2-13-9(5-3-4-6-9)7-11-8(10)14-12-7/h2-6H2,1H3. The Balaban J connectivity index is 2.26. The lowest BCUT2D eigenvalue weighted by atomic mass is 10.0. The average molecular weight is 277 g/mol. The molecule has 0 N–H and O–H groups in total. The first-order valence-corrected chi connectivity index (χ1v) is 6.47. The van der Waals surface area contributed by atoms with Crippen molar-refractivity contribution in [2.45, 2.75) is 38.2 Å². The minimum Gasteiger partial charge on any atom is -0.367 e. The molecule has 0 radical (unpaired) electrons. The Labute approximate surface area is 96.2 Å². The Kier molecular flexibility index (Phi) is 3.19. The molecule has 1 heterocycles. The van der Waals surface area contributed by atoms with Crippen molar-refractivity contribution >= 4 is 27.5 Å². The molecule has 0 aromatic carbocycles. The molecule has 14 heavy (non-hydrogen) atoms. The van der Waals surface area contributed by atoms with Crippen LogP contribution in [-0.4, -0.2) is 16.0 Å². The summed E-state index contributed by atoms with van der Waals surface area (Å²) in [6.07, 6.45) is 4.56. The predicted octanol–water partition coefficient (Wildman–Crippen LogP) is 3.11. The molecule has 1 aliphatic carbocycles. The van der Waals surface area contributed by atoms with Gasteiger partial charge in [-0.15, -0.1) is 0 Å². The highest BCUT2D eigenvalue weighted by Crippen LogP contribution is 2.41. The second kappa shape index (κ2) is 4.24. The maximum absolute atomic E-state index is 5.85. The molecule has 3 nitrogen and oxygen atoms in total. The van der Waals surface area contributed by atoms with Crippen molar-refractivity contribution < 1.29 is 4.74 Å². The first kappa shape index (κ1) is 10.5. The number of halogens is 1. The van der Waals surface area contributed by atoms with Gasteiger partial charge in [-0.2, -0.15) is 4.37 Å². The van der Waals surface area contributed by atoms with Crippen LogP contribution < -0.4 is 0 Å². The van der Waals surface area contributed by atoms with E-state index in [1.165, 1.54) is 24.4 Å². The Morgan fingerprint density at radius 2 is 2.21 bits per heavy atom. The lowest BCUT2D eigenvalue weighted by Gasteiger charge is -2.25. The van der Waals surface area contributed by atoms with E-state index in [0.717, 1.165) is 29.2 Å². The van der Waals surface area contributed by atoms with Gasteiger partial charge in [0.25, 0.3) is 0 Å². The van der Waals surface area contributed by atoms with Crippen molar-refractivity contribution in [1.82, 2.24) is 9.36 Å². The Morgan fingerprint density at radius 1 is 1.50 bits per heavy atom. The molecule has 5 heteroatoms. The molecule has 1 aliphatic rings. The Morgan fingerprint density at radius 3 is 2.71 bits per heavy atom. The molecule has 0 unspecified atom stereocenters. The van der Waals surface area contributed by atoms with Gasteiger partial charge >= 0.3 is 0 Å². The van der Waals surface area contributed by atoms with Gasteiger partial charge in [-0.25, -0.2) is 4.98 Å². The molecule has 0 atom stereocenters. The summed E-state index contributed by atoms with van der Waals surface area (Å²) in [6.45, 7) is 2.76. The van der Waals surface area contributed by atoms with Gasteiger partial charge in [-0.05, 0) is 60.1 Å². The van der Waals surface area contributed by atoms with Gasteiger partial charge in [0, 0.05) is 6.61 Å². The topological polar surface area (TPSA) is 35.0 Å². The van der Waals surface area contributed by atoms with Gasteiger partial charge in [0.05, 0.1) is 0 Å². The van der Waals surface area contributed by atoms with Crippen LogP contribution in [0.4, 0.5) is 0 Å². The molecule has 0 amide bonds. The zero-order chi connectivity index (χ0) is 10.0. The predicted molar refractivity (Wildman–Crippen MR) is 59.4 cm³/mol. The first-order chi connectivity index (χ1) is 6.77. The maximum Gasteiger partial charge on any atom is 0.179 e. The summed E-state index contributed by atoms with van der Waals surface area (Å²) >= 11 is 4.74.